The Kier molecular flexibility index (Phi) is 5.10. The molecule has 1 aromatic heterocycles. The van der Waals surface area contributed by atoms with Gasteiger partial charge in [0.2, 0.25) is 5.89 Å². The molecule has 2 heterocycles. The highest BCUT2D eigenvalue weighted by Crippen LogP contribution is 2.38. The van der Waals surface area contributed by atoms with Crippen LogP contribution in [0.1, 0.15) is 63.2 Å². The number of aromatic nitrogens is 2. The van der Waals surface area contributed by atoms with E-state index < -0.39 is 0 Å². The summed E-state index contributed by atoms with van der Waals surface area (Å²) in [7, 11) is 0. The Morgan fingerprint density at radius 2 is 2.00 bits per heavy atom. The van der Waals surface area contributed by atoms with Crippen molar-refractivity contribution >= 4 is 0 Å². The summed E-state index contributed by atoms with van der Waals surface area (Å²) in [5.41, 5.74) is 0. The van der Waals surface area contributed by atoms with Crippen molar-refractivity contribution in [1.82, 2.24) is 20.4 Å². The topological polar surface area (TPSA) is 74.4 Å². The highest BCUT2D eigenvalue weighted by molar-refractivity contribution is 5.04. The van der Waals surface area contributed by atoms with Crippen LogP contribution < -0.4 is 5.32 Å². The zero-order valence-electron chi connectivity index (χ0n) is 13.7. The first-order valence-corrected chi connectivity index (χ1v) is 8.59. The van der Waals surface area contributed by atoms with Gasteiger partial charge in [-0.05, 0) is 65.1 Å². The van der Waals surface area contributed by atoms with E-state index >= 15 is 0 Å². The van der Waals surface area contributed by atoms with Gasteiger partial charge in [-0.25, -0.2) is 0 Å². The second-order valence-corrected chi connectivity index (χ2v) is 6.99. The number of rotatable bonds is 7. The molecule has 1 saturated carbocycles. The normalized spacial score (nSPS) is 23.6. The van der Waals surface area contributed by atoms with Crippen molar-refractivity contribution in [3.63, 3.8) is 0 Å². The molecule has 1 aliphatic heterocycles. The second-order valence-electron chi connectivity index (χ2n) is 6.99. The summed E-state index contributed by atoms with van der Waals surface area (Å²) < 4.78 is 5.37. The molecule has 2 fully saturated rings. The second kappa shape index (κ2) is 7.06. The molecule has 0 radical (unpaired) electrons. The van der Waals surface area contributed by atoms with Crippen LogP contribution in [0.3, 0.4) is 0 Å². The highest BCUT2D eigenvalue weighted by atomic mass is 16.5. The lowest BCUT2D eigenvalue weighted by molar-refractivity contribution is 0.0991. The third-order valence-electron chi connectivity index (χ3n) is 4.71. The molecule has 1 saturated heterocycles. The van der Waals surface area contributed by atoms with E-state index in [-0.39, 0.29) is 12.1 Å². The van der Waals surface area contributed by atoms with Crippen LogP contribution >= 0.6 is 0 Å². The third kappa shape index (κ3) is 4.27. The Bertz CT molecular complexity index is 464. The molecular formula is C16H28N4O2. The Morgan fingerprint density at radius 3 is 2.64 bits per heavy atom. The molecule has 2 N–H and O–H groups in total. The third-order valence-corrected chi connectivity index (χ3v) is 4.71. The van der Waals surface area contributed by atoms with Crippen LogP contribution in [-0.4, -0.2) is 52.4 Å². The SMILES string of the molecule is CC(O)CN1CCC(CNC(C)c2nc(C3CC3)no2)CC1. The Morgan fingerprint density at radius 1 is 1.27 bits per heavy atom. The first kappa shape index (κ1) is 15.9. The summed E-state index contributed by atoms with van der Waals surface area (Å²) in [5.74, 6) is 2.84. The van der Waals surface area contributed by atoms with Gasteiger partial charge in [-0.1, -0.05) is 5.16 Å². The van der Waals surface area contributed by atoms with Gasteiger partial charge in [0.15, 0.2) is 5.82 Å². The van der Waals surface area contributed by atoms with Crippen LogP contribution in [-0.2, 0) is 0 Å². The highest BCUT2D eigenvalue weighted by Gasteiger charge is 2.29. The minimum absolute atomic E-state index is 0.121. The maximum atomic E-state index is 9.44. The van der Waals surface area contributed by atoms with Gasteiger partial charge in [0.05, 0.1) is 12.1 Å². The fourth-order valence-corrected chi connectivity index (χ4v) is 3.11. The van der Waals surface area contributed by atoms with Crippen molar-refractivity contribution < 1.29 is 9.63 Å². The van der Waals surface area contributed by atoms with E-state index in [0.29, 0.717) is 17.7 Å². The molecule has 3 rings (SSSR count). The average molecular weight is 308 g/mol. The van der Waals surface area contributed by atoms with E-state index in [1.54, 1.807) is 0 Å². The number of nitrogens with one attached hydrogen (secondary N) is 1. The monoisotopic (exact) mass is 308 g/mol. The number of β-amino-alcohol motifs (C(OH)–C–C–N with tert-alkyl or cyclic N) is 1. The minimum atomic E-state index is -0.229. The van der Waals surface area contributed by atoms with Gasteiger partial charge in [-0.2, -0.15) is 4.98 Å². The zero-order valence-corrected chi connectivity index (χ0v) is 13.7. The molecule has 0 aromatic carbocycles. The molecular weight excluding hydrogens is 280 g/mol. The molecule has 0 bridgehead atoms. The van der Waals surface area contributed by atoms with Crippen LogP contribution in [0, 0.1) is 5.92 Å². The molecule has 6 nitrogen and oxygen atoms in total. The molecule has 2 atom stereocenters. The average Bonchev–Trinajstić information content (AvgIpc) is 3.23. The Balaban J connectivity index is 1.38. The maximum Gasteiger partial charge on any atom is 0.243 e. The number of nitrogens with zero attached hydrogens (tertiary/aromatic N) is 3. The first-order valence-electron chi connectivity index (χ1n) is 8.59. The summed E-state index contributed by atoms with van der Waals surface area (Å²) in [6.07, 6.45) is 4.54. The van der Waals surface area contributed by atoms with E-state index in [0.717, 1.165) is 32.0 Å². The van der Waals surface area contributed by atoms with Crippen LogP contribution in [0.5, 0.6) is 0 Å². The largest absolute Gasteiger partial charge is 0.392 e. The first-order chi connectivity index (χ1) is 10.6. The molecule has 1 aromatic rings. The minimum Gasteiger partial charge on any atom is -0.392 e. The van der Waals surface area contributed by atoms with Crippen molar-refractivity contribution in [1.29, 1.82) is 0 Å². The molecule has 124 valence electrons. The van der Waals surface area contributed by atoms with Gasteiger partial charge in [0.25, 0.3) is 0 Å². The fraction of sp³-hybridized carbons (Fsp3) is 0.875. The van der Waals surface area contributed by atoms with Crippen molar-refractivity contribution in [2.75, 3.05) is 26.2 Å². The summed E-state index contributed by atoms with van der Waals surface area (Å²) in [6, 6.07) is 0.121. The van der Waals surface area contributed by atoms with Crippen LogP contribution in [0.2, 0.25) is 0 Å². The number of hydrogen-bond donors (Lipinski definition) is 2. The van der Waals surface area contributed by atoms with Crippen molar-refractivity contribution in [2.24, 2.45) is 5.92 Å². The maximum absolute atomic E-state index is 9.44. The predicted octanol–water partition coefficient (Wildman–Crippen LogP) is 1.69. The Labute approximate surface area is 132 Å². The molecule has 6 heteroatoms. The smallest absolute Gasteiger partial charge is 0.243 e. The molecule has 22 heavy (non-hydrogen) atoms. The summed E-state index contributed by atoms with van der Waals surface area (Å²) in [4.78, 5) is 6.86. The molecule has 0 spiro atoms. The van der Waals surface area contributed by atoms with Gasteiger partial charge in [-0.15, -0.1) is 0 Å². The van der Waals surface area contributed by atoms with Gasteiger partial charge >= 0.3 is 0 Å². The standard InChI is InChI=1S/C16H28N4O2/c1-11(21)10-20-7-5-13(6-8-20)9-17-12(2)16-18-15(19-22-16)14-3-4-14/h11-14,17,21H,3-10H2,1-2H3. The number of likely N-dealkylation sites (tertiary alicyclic amines) is 1. The number of aliphatic hydroxyl groups excluding tert-OH is 1. The molecule has 2 aliphatic rings. The van der Waals surface area contributed by atoms with Gasteiger partial charge < -0.3 is 19.8 Å². The van der Waals surface area contributed by atoms with Crippen molar-refractivity contribution in [2.45, 2.75) is 57.6 Å². The molecule has 0 amide bonds. The Hall–Kier alpha value is -0.980. The summed E-state index contributed by atoms with van der Waals surface area (Å²) in [5, 5.41) is 17.0. The van der Waals surface area contributed by atoms with Crippen molar-refractivity contribution in [3.05, 3.63) is 11.7 Å². The lowest BCUT2D eigenvalue weighted by Gasteiger charge is -2.33. The van der Waals surface area contributed by atoms with E-state index in [9.17, 15) is 5.11 Å². The predicted molar refractivity (Wildman–Crippen MR) is 83.5 cm³/mol. The number of piperidine rings is 1. The molecule has 2 unspecified atom stereocenters. The lowest BCUT2D eigenvalue weighted by atomic mass is 9.96. The van der Waals surface area contributed by atoms with E-state index in [1.165, 1.54) is 25.7 Å². The van der Waals surface area contributed by atoms with Gasteiger partial charge in [0.1, 0.15) is 0 Å². The summed E-state index contributed by atoms with van der Waals surface area (Å²) in [6.45, 7) is 7.89. The summed E-state index contributed by atoms with van der Waals surface area (Å²) >= 11 is 0. The van der Waals surface area contributed by atoms with Crippen molar-refractivity contribution in [3.8, 4) is 0 Å². The van der Waals surface area contributed by atoms with Gasteiger partial charge in [-0.3, -0.25) is 0 Å². The molecule has 1 aliphatic carbocycles. The van der Waals surface area contributed by atoms with E-state index in [2.05, 4.69) is 27.3 Å². The van der Waals surface area contributed by atoms with Crippen LogP contribution in [0.15, 0.2) is 4.52 Å². The number of hydrogen-bond acceptors (Lipinski definition) is 6. The quantitative estimate of drug-likeness (QED) is 0.798. The number of aliphatic hydroxyl groups is 1. The van der Waals surface area contributed by atoms with Crippen LogP contribution in [0.4, 0.5) is 0 Å². The van der Waals surface area contributed by atoms with E-state index in [1.807, 2.05) is 6.92 Å². The fourth-order valence-electron chi connectivity index (χ4n) is 3.11. The van der Waals surface area contributed by atoms with E-state index in [4.69, 9.17) is 4.52 Å². The lowest BCUT2D eigenvalue weighted by Crippen LogP contribution is -2.40. The van der Waals surface area contributed by atoms with Crippen LogP contribution in [0.25, 0.3) is 0 Å². The zero-order chi connectivity index (χ0) is 15.5. The van der Waals surface area contributed by atoms with Gasteiger partial charge in [0, 0.05) is 12.5 Å².